The van der Waals surface area contributed by atoms with E-state index in [9.17, 15) is 5.26 Å². The highest BCUT2D eigenvalue weighted by Crippen LogP contribution is 2.36. The molecule has 0 amide bonds. The van der Waals surface area contributed by atoms with Crippen LogP contribution in [0.25, 0.3) is 0 Å². The van der Waals surface area contributed by atoms with Crippen LogP contribution in [0.1, 0.15) is 48.9 Å². The summed E-state index contributed by atoms with van der Waals surface area (Å²) < 4.78 is 0. The van der Waals surface area contributed by atoms with Gasteiger partial charge < -0.3 is 5.32 Å². The summed E-state index contributed by atoms with van der Waals surface area (Å²) >= 11 is 0. The van der Waals surface area contributed by atoms with Gasteiger partial charge >= 0.3 is 0 Å². The molecule has 2 aliphatic rings. The first-order valence-corrected chi connectivity index (χ1v) is 7.42. The Balaban J connectivity index is 1.87. The first-order valence-electron chi connectivity index (χ1n) is 7.42. The summed E-state index contributed by atoms with van der Waals surface area (Å²) in [4.78, 5) is 0. The number of allylic oxidation sites excluding steroid dienone is 2. The van der Waals surface area contributed by atoms with Gasteiger partial charge in [0.05, 0.1) is 11.6 Å². The van der Waals surface area contributed by atoms with E-state index in [2.05, 4.69) is 48.7 Å². The van der Waals surface area contributed by atoms with Crippen molar-refractivity contribution in [1.29, 1.82) is 5.26 Å². The van der Waals surface area contributed by atoms with E-state index in [1.165, 1.54) is 11.1 Å². The highest BCUT2D eigenvalue weighted by molar-refractivity contribution is 5.47. The standard InChI is InChI=1S/C18H20N2/c1-2-18(11-4-3-5-12-18)20-17-10-9-15-14(13-19)7-6-8-16(15)17/h3-8,11,17,20H,2,9-10,12H2,1H3/t17-,18+/m0/s1. The van der Waals surface area contributed by atoms with E-state index in [4.69, 9.17) is 0 Å². The van der Waals surface area contributed by atoms with Crippen LogP contribution in [0.5, 0.6) is 0 Å². The fourth-order valence-electron chi connectivity index (χ4n) is 3.39. The van der Waals surface area contributed by atoms with Crippen LogP contribution < -0.4 is 5.32 Å². The first-order chi connectivity index (χ1) is 9.78. The molecule has 1 aromatic rings. The van der Waals surface area contributed by atoms with Crippen LogP contribution in [0.15, 0.2) is 42.5 Å². The Bertz CT molecular complexity index is 606. The summed E-state index contributed by atoms with van der Waals surface area (Å²) in [6.07, 6.45) is 13.0. The van der Waals surface area contributed by atoms with Crippen LogP contribution in [0.2, 0.25) is 0 Å². The van der Waals surface area contributed by atoms with Gasteiger partial charge in [0.2, 0.25) is 0 Å². The Morgan fingerprint density at radius 3 is 3.00 bits per heavy atom. The first kappa shape index (κ1) is 13.1. The topological polar surface area (TPSA) is 35.8 Å². The molecule has 0 saturated heterocycles. The zero-order chi connectivity index (χ0) is 14.0. The van der Waals surface area contributed by atoms with Crippen LogP contribution in [0, 0.1) is 11.3 Å². The van der Waals surface area contributed by atoms with Crippen molar-refractivity contribution in [2.45, 2.75) is 44.2 Å². The average Bonchev–Trinajstić information content (AvgIpc) is 2.91. The van der Waals surface area contributed by atoms with Crippen LogP contribution in [0.4, 0.5) is 0 Å². The maximum absolute atomic E-state index is 9.22. The van der Waals surface area contributed by atoms with Gasteiger partial charge in [0.15, 0.2) is 0 Å². The number of fused-ring (bicyclic) bond motifs is 1. The Morgan fingerprint density at radius 1 is 1.40 bits per heavy atom. The van der Waals surface area contributed by atoms with Gasteiger partial charge in [-0.2, -0.15) is 5.26 Å². The lowest BCUT2D eigenvalue weighted by atomic mass is 9.87. The highest BCUT2D eigenvalue weighted by atomic mass is 15.0. The molecule has 0 aliphatic heterocycles. The van der Waals surface area contributed by atoms with Gasteiger partial charge in [-0.25, -0.2) is 0 Å². The van der Waals surface area contributed by atoms with E-state index >= 15 is 0 Å². The van der Waals surface area contributed by atoms with E-state index < -0.39 is 0 Å². The molecule has 0 bridgehead atoms. The Hall–Kier alpha value is -1.85. The maximum atomic E-state index is 9.22. The van der Waals surface area contributed by atoms with Crippen LogP contribution in [-0.2, 0) is 6.42 Å². The van der Waals surface area contributed by atoms with Gasteiger partial charge in [0.1, 0.15) is 0 Å². The highest BCUT2D eigenvalue weighted by Gasteiger charge is 2.32. The van der Waals surface area contributed by atoms with Crippen molar-refractivity contribution in [1.82, 2.24) is 5.32 Å². The molecule has 2 heteroatoms. The number of nitrogens with one attached hydrogen (secondary N) is 1. The molecule has 2 aliphatic carbocycles. The van der Waals surface area contributed by atoms with Crippen molar-refractivity contribution < 1.29 is 0 Å². The number of benzene rings is 1. The van der Waals surface area contributed by atoms with Gasteiger partial charge in [-0.3, -0.25) is 0 Å². The molecule has 1 aromatic carbocycles. The summed E-state index contributed by atoms with van der Waals surface area (Å²) in [5.74, 6) is 0. The lowest BCUT2D eigenvalue weighted by Gasteiger charge is -2.35. The third-order valence-electron chi connectivity index (χ3n) is 4.63. The second kappa shape index (κ2) is 5.26. The average molecular weight is 264 g/mol. The second-order valence-corrected chi connectivity index (χ2v) is 5.72. The Labute approximate surface area is 120 Å². The summed E-state index contributed by atoms with van der Waals surface area (Å²) in [5.41, 5.74) is 3.48. The van der Waals surface area contributed by atoms with Gasteiger partial charge in [0, 0.05) is 11.6 Å². The van der Waals surface area contributed by atoms with Crippen molar-refractivity contribution in [2.75, 3.05) is 0 Å². The maximum Gasteiger partial charge on any atom is 0.0994 e. The summed E-state index contributed by atoms with van der Waals surface area (Å²) in [7, 11) is 0. The number of rotatable bonds is 3. The molecule has 102 valence electrons. The van der Waals surface area contributed by atoms with Gasteiger partial charge in [-0.1, -0.05) is 43.4 Å². The minimum Gasteiger partial charge on any atom is -0.301 e. The lowest BCUT2D eigenvalue weighted by Crippen LogP contribution is -2.44. The van der Waals surface area contributed by atoms with Crippen molar-refractivity contribution in [3.63, 3.8) is 0 Å². The third kappa shape index (κ3) is 2.19. The molecular weight excluding hydrogens is 244 g/mol. The minimum atomic E-state index is 0.0731. The van der Waals surface area contributed by atoms with E-state index in [1.807, 2.05) is 12.1 Å². The molecule has 0 unspecified atom stereocenters. The van der Waals surface area contributed by atoms with Crippen LogP contribution in [-0.4, -0.2) is 5.54 Å². The largest absolute Gasteiger partial charge is 0.301 e. The second-order valence-electron chi connectivity index (χ2n) is 5.72. The van der Waals surface area contributed by atoms with E-state index in [0.29, 0.717) is 6.04 Å². The van der Waals surface area contributed by atoms with Crippen molar-refractivity contribution >= 4 is 0 Å². The molecule has 0 fully saturated rings. The molecule has 0 saturated carbocycles. The molecule has 2 nitrogen and oxygen atoms in total. The lowest BCUT2D eigenvalue weighted by molar-refractivity contribution is 0.336. The number of nitriles is 1. The monoisotopic (exact) mass is 264 g/mol. The smallest absolute Gasteiger partial charge is 0.0994 e. The molecule has 2 atom stereocenters. The third-order valence-corrected chi connectivity index (χ3v) is 4.63. The minimum absolute atomic E-state index is 0.0731. The predicted molar refractivity (Wildman–Crippen MR) is 81.3 cm³/mol. The van der Waals surface area contributed by atoms with Gasteiger partial charge in [-0.05, 0) is 42.9 Å². The quantitative estimate of drug-likeness (QED) is 0.901. The zero-order valence-electron chi connectivity index (χ0n) is 11.9. The number of nitrogens with zero attached hydrogens (tertiary/aromatic N) is 1. The number of hydrogen-bond donors (Lipinski definition) is 1. The predicted octanol–water partition coefficient (Wildman–Crippen LogP) is 3.80. The molecule has 3 rings (SSSR count). The molecule has 1 N–H and O–H groups in total. The van der Waals surface area contributed by atoms with Crippen molar-refractivity contribution in [3.05, 3.63) is 59.2 Å². The van der Waals surface area contributed by atoms with Crippen LogP contribution in [0.3, 0.4) is 0 Å². The fourth-order valence-corrected chi connectivity index (χ4v) is 3.39. The Morgan fingerprint density at radius 2 is 2.30 bits per heavy atom. The van der Waals surface area contributed by atoms with Crippen molar-refractivity contribution in [3.8, 4) is 6.07 Å². The van der Waals surface area contributed by atoms with E-state index in [-0.39, 0.29) is 5.54 Å². The molecule has 0 spiro atoms. The normalized spacial score (nSPS) is 27.3. The van der Waals surface area contributed by atoms with Crippen molar-refractivity contribution in [2.24, 2.45) is 0 Å². The van der Waals surface area contributed by atoms with E-state index in [1.54, 1.807) is 0 Å². The molecule has 20 heavy (non-hydrogen) atoms. The number of hydrogen-bond acceptors (Lipinski definition) is 2. The summed E-state index contributed by atoms with van der Waals surface area (Å²) in [5, 5.41) is 13.1. The molecule has 0 aromatic heterocycles. The molecule has 0 radical (unpaired) electrons. The van der Waals surface area contributed by atoms with Gasteiger partial charge in [0.25, 0.3) is 0 Å². The summed E-state index contributed by atoms with van der Waals surface area (Å²) in [6, 6.07) is 8.80. The molecular formula is C18H20N2. The Kier molecular flexibility index (Phi) is 3.46. The molecule has 0 heterocycles. The zero-order valence-corrected chi connectivity index (χ0v) is 11.9. The van der Waals surface area contributed by atoms with Crippen LogP contribution >= 0.6 is 0 Å². The summed E-state index contributed by atoms with van der Waals surface area (Å²) in [6.45, 7) is 2.23. The SMILES string of the molecule is CC[C@@]1(N[C@H]2CCc3c(C#N)cccc32)C=CC=CC1. The van der Waals surface area contributed by atoms with Gasteiger partial charge in [-0.15, -0.1) is 0 Å². The van der Waals surface area contributed by atoms with E-state index in [0.717, 1.165) is 31.2 Å². The fraction of sp³-hybridized carbons (Fsp3) is 0.389.